The summed E-state index contributed by atoms with van der Waals surface area (Å²) in [6, 6.07) is 0. The van der Waals surface area contributed by atoms with Gasteiger partial charge in [0.05, 0.1) is 0 Å². The zero-order valence-corrected chi connectivity index (χ0v) is 6.18. The van der Waals surface area contributed by atoms with Crippen LogP contribution in [0.15, 0.2) is 4.52 Å². The van der Waals surface area contributed by atoms with E-state index in [9.17, 15) is 9.59 Å². The maximum absolute atomic E-state index is 10.5. The van der Waals surface area contributed by atoms with Crippen molar-refractivity contribution in [3.05, 3.63) is 5.82 Å². The lowest BCUT2D eigenvalue weighted by atomic mass is 10.6. The molecule has 0 aliphatic rings. The Bertz CT molecular complexity index is 333. The van der Waals surface area contributed by atoms with Crippen LogP contribution in [0.2, 0.25) is 0 Å². The van der Waals surface area contributed by atoms with Crippen LogP contribution in [-0.4, -0.2) is 22.1 Å². The maximum atomic E-state index is 10.5. The highest BCUT2D eigenvalue weighted by molar-refractivity contribution is 5.88. The SMILES string of the molecule is NNC(=O)Oc1nc(C(N)=O)no1. The van der Waals surface area contributed by atoms with Gasteiger partial charge in [0.1, 0.15) is 0 Å². The Kier molecular flexibility index (Phi) is 2.40. The molecule has 1 heterocycles. The van der Waals surface area contributed by atoms with Gasteiger partial charge in [0.25, 0.3) is 11.7 Å². The number of amides is 2. The topological polar surface area (TPSA) is 146 Å². The van der Waals surface area contributed by atoms with E-state index in [1.807, 2.05) is 0 Å². The number of carbonyl (C=O) groups excluding carboxylic acids is 2. The average molecular weight is 187 g/mol. The van der Waals surface area contributed by atoms with Crippen molar-refractivity contribution in [1.82, 2.24) is 15.6 Å². The molecule has 0 saturated carbocycles. The van der Waals surface area contributed by atoms with Crippen molar-refractivity contribution >= 4 is 12.0 Å². The molecule has 0 fully saturated rings. The molecule has 0 atom stereocenters. The molecule has 0 spiro atoms. The molecule has 1 aromatic heterocycles. The first-order valence-corrected chi connectivity index (χ1v) is 2.95. The fourth-order valence-electron chi connectivity index (χ4n) is 0.460. The quantitative estimate of drug-likeness (QED) is 0.279. The van der Waals surface area contributed by atoms with E-state index in [-0.39, 0.29) is 5.82 Å². The lowest BCUT2D eigenvalue weighted by molar-refractivity contribution is 0.0987. The van der Waals surface area contributed by atoms with Crippen LogP contribution >= 0.6 is 0 Å². The molecular formula is C4H5N5O4. The second-order valence-corrected chi connectivity index (χ2v) is 1.78. The number of nitrogens with zero attached hydrogens (tertiary/aromatic N) is 2. The summed E-state index contributed by atoms with van der Waals surface area (Å²) in [5, 5.41) is 3.10. The van der Waals surface area contributed by atoms with Gasteiger partial charge in [-0.05, 0) is 5.16 Å². The Morgan fingerprint density at radius 3 is 2.69 bits per heavy atom. The van der Waals surface area contributed by atoms with Crippen LogP contribution in [0.5, 0.6) is 6.08 Å². The summed E-state index contributed by atoms with van der Waals surface area (Å²) < 4.78 is 8.57. The third-order valence-electron chi connectivity index (χ3n) is 0.926. The number of nitrogens with two attached hydrogens (primary N) is 2. The predicted molar refractivity (Wildman–Crippen MR) is 36.2 cm³/mol. The molecule has 0 aliphatic carbocycles. The fraction of sp³-hybridized carbons (Fsp3) is 0. The van der Waals surface area contributed by atoms with Gasteiger partial charge in [-0.2, -0.15) is 0 Å². The number of hydrogen-bond donors (Lipinski definition) is 3. The van der Waals surface area contributed by atoms with Crippen molar-refractivity contribution in [2.75, 3.05) is 0 Å². The van der Waals surface area contributed by atoms with Crippen LogP contribution < -0.4 is 21.7 Å². The van der Waals surface area contributed by atoms with Gasteiger partial charge >= 0.3 is 12.2 Å². The monoisotopic (exact) mass is 187 g/mol. The number of ether oxygens (including phenoxy) is 1. The molecule has 0 radical (unpaired) electrons. The van der Waals surface area contributed by atoms with E-state index >= 15 is 0 Å². The number of aromatic nitrogens is 2. The molecule has 0 bridgehead atoms. The molecule has 0 aromatic carbocycles. The predicted octanol–water partition coefficient (Wildman–Crippen LogP) is -1.87. The number of nitrogens with one attached hydrogen (secondary N) is 1. The van der Waals surface area contributed by atoms with Gasteiger partial charge in [0, 0.05) is 0 Å². The van der Waals surface area contributed by atoms with Crippen LogP contribution in [0.3, 0.4) is 0 Å². The van der Waals surface area contributed by atoms with Gasteiger partial charge in [-0.25, -0.2) is 10.6 Å². The molecule has 0 saturated heterocycles. The first kappa shape index (κ1) is 8.93. The lowest BCUT2D eigenvalue weighted by Crippen LogP contribution is -2.32. The van der Waals surface area contributed by atoms with Crippen molar-refractivity contribution in [1.29, 1.82) is 0 Å². The fourth-order valence-corrected chi connectivity index (χ4v) is 0.460. The maximum Gasteiger partial charge on any atom is 0.430 e. The second kappa shape index (κ2) is 3.49. The summed E-state index contributed by atoms with van der Waals surface area (Å²) in [4.78, 5) is 24.2. The second-order valence-electron chi connectivity index (χ2n) is 1.78. The van der Waals surface area contributed by atoms with E-state index in [1.54, 1.807) is 5.43 Å². The zero-order chi connectivity index (χ0) is 9.84. The van der Waals surface area contributed by atoms with Crippen molar-refractivity contribution in [2.45, 2.75) is 0 Å². The summed E-state index contributed by atoms with van der Waals surface area (Å²) in [6.45, 7) is 0. The third-order valence-corrected chi connectivity index (χ3v) is 0.926. The standard InChI is InChI=1S/C4H5N5O4/c5-1(10)2-7-4(13-9-2)12-3(11)8-6/h6H2,(H2,5,10)(H,8,11). The summed E-state index contributed by atoms with van der Waals surface area (Å²) >= 11 is 0. The molecule has 9 heteroatoms. The molecular weight excluding hydrogens is 182 g/mol. The number of carbonyl (C=O) groups is 2. The summed E-state index contributed by atoms with van der Waals surface area (Å²) in [5.41, 5.74) is 6.43. The highest BCUT2D eigenvalue weighted by Crippen LogP contribution is 2.05. The van der Waals surface area contributed by atoms with Gasteiger partial charge in [0.15, 0.2) is 0 Å². The smallest absolute Gasteiger partial charge is 0.363 e. The van der Waals surface area contributed by atoms with Gasteiger partial charge in [0.2, 0.25) is 0 Å². The molecule has 0 unspecified atom stereocenters. The van der Waals surface area contributed by atoms with Gasteiger partial charge in [-0.15, -0.1) is 4.98 Å². The van der Waals surface area contributed by atoms with Gasteiger partial charge in [-0.3, -0.25) is 14.7 Å². The van der Waals surface area contributed by atoms with Crippen molar-refractivity contribution in [3.8, 4) is 6.08 Å². The number of hydrazine groups is 1. The molecule has 13 heavy (non-hydrogen) atoms. The van der Waals surface area contributed by atoms with E-state index in [4.69, 9.17) is 5.73 Å². The minimum atomic E-state index is -1.00. The third kappa shape index (κ3) is 2.13. The molecule has 1 rings (SSSR count). The Balaban J connectivity index is 2.69. The Morgan fingerprint density at radius 2 is 2.23 bits per heavy atom. The normalized spacial score (nSPS) is 9.31. The van der Waals surface area contributed by atoms with Crippen molar-refractivity contribution in [2.24, 2.45) is 11.6 Å². The number of hydrogen-bond acceptors (Lipinski definition) is 7. The zero-order valence-electron chi connectivity index (χ0n) is 6.18. The Hall–Kier alpha value is -2.16. The lowest BCUT2D eigenvalue weighted by Gasteiger charge is -1.93. The summed E-state index contributed by atoms with van der Waals surface area (Å²) in [6.07, 6.45) is -1.52. The van der Waals surface area contributed by atoms with Crippen LogP contribution in [0.25, 0.3) is 0 Å². The van der Waals surface area contributed by atoms with E-state index < -0.39 is 18.1 Å². The highest BCUT2D eigenvalue weighted by atomic mass is 16.7. The van der Waals surface area contributed by atoms with Crippen molar-refractivity contribution in [3.63, 3.8) is 0 Å². The van der Waals surface area contributed by atoms with E-state index in [0.29, 0.717) is 0 Å². The van der Waals surface area contributed by atoms with Gasteiger partial charge < -0.3 is 10.5 Å². The summed E-state index contributed by atoms with van der Waals surface area (Å²) in [5.74, 6) is 3.39. The summed E-state index contributed by atoms with van der Waals surface area (Å²) in [7, 11) is 0. The van der Waals surface area contributed by atoms with E-state index in [2.05, 4.69) is 25.2 Å². The van der Waals surface area contributed by atoms with Crippen LogP contribution in [0.1, 0.15) is 10.6 Å². The Labute approximate surface area is 71.0 Å². The highest BCUT2D eigenvalue weighted by Gasteiger charge is 2.14. The van der Waals surface area contributed by atoms with Crippen LogP contribution in [0, 0.1) is 0 Å². The minimum Gasteiger partial charge on any atom is -0.363 e. The van der Waals surface area contributed by atoms with E-state index in [0.717, 1.165) is 0 Å². The van der Waals surface area contributed by atoms with Crippen LogP contribution in [-0.2, 0) is 0 Å². The van der Waals surface area contributed by atoms with E-state index in [1.165, 1.54) is 0 Å². The number of primary amides is 1. The average Bonchev–Trinajstić information content (AvgIpc) is 2.52. The molecule has 1 aromatic rings. The molecule has 9 nitrogen and oxygen atoms in total. The van der Waals surface area contributed by atoms with Gasteiger partial charge in [-0.1, -0.05) is 0 Å². The van der Waals surface area contributed by atoms with Crippen molar-refractivity contribution < 1.29 is 18.8 Å². The Morgan fingerprint density at radius 1 is 1.54 bits per heavy atom. The first-order valence-electron chi connectivity index (χ1n) is 2.95. The number of rotatable bonds is 2. The first-order chi connectivity index (χ1) is 6.13. The largest absolute Gasteiger partial charge is 0.430 e. The molecule has 2 amide bonds. The molecule has 70 valence electrons. The minimum absolute atomic E-state index is 0.389. The molecule has 5 N–H and O–H groups in total. The van der Waals surface area contributed by atoms with Crippen LogP contribution in [0.4, 0.5) is 4.79 Å². The molecule has 0 aliphatic heterocycles.